The molecule has 1 atom stereocenters. The van der Waals surface area contributed by atoms with Crippen molar-refractivity contribution in [2.24, 2.45) is 47.3 Å². The van der Waals surface area contributed by atoms with Crippen LogP contribution in [0.25, 0.3) is 0 Å². The topological polar surface area (TPSA) is 38.7 Å². The highest BCUT2D eigenvalue weighted by atomic mass is 19.4. The monoisotopic (exact) mass is 1220 g/mol. The number of rotatable bonds is 7. The van der Waals surface area contributed by atoms with Crippen molar-refractivity contribution in [3.8, 4) is 0 Å². The third-order valence-electron chi connectivity index (χ3n) is 17.4. The highest BCUT2D eigenvalue weighted by Gasteiger charge is 2.84. The number of alkyl halides is 14. The highest BCUT2D eigenvalue weighted by molar-refractivity contribution is 5.22. The third-order valence-corrected chi connectivity index (χ3v) is 17.4. The third kappa shape index (κ3) is 18.2. The number of halogens is 21. The van der Waals surface area contributed by atoms with Gasteiger partial charge in [0.2, 0.25) is 11.7 Å². The van der Waals surface area contributed by atoms with Crippen LogP contribution >= 0.6 is 0 Å². The molecule has 10 aliphatic rings. The first-order valence-corrected chi connectivity index (χ1v) is 28.1. The molecule has 2 aromatic carbocycles. The van der Waals surface area contributed by atoms with Crippen molar-refractivity contribution in [3.05, 3.63) is 70.0 Å². The molecule has 0 aromatic heterocycles. The van der Waals surface area contributed by atoms with Gasteiger partial charge < -0.3 is 4.74 Å². The molecular weight excluding hydrogens is 1140 g/mol. The Hall–Kier alpha value is -3.15. The molecule has 474 valence electrons. The van der Waals surface area contributed by atoms with Gasteiger partial charge in [0, 0.05) is 30.9 Å². The zero-order chi connectivity index (χ0) is 62.2. The van der Waals surface area contributed by atoms with Crippen LogP contribution in [0.15, 0.2) is 18.2 Å². The molecule has 8 bridgehead atoms. The Balaban J connectivity index is 0.000000217. The normalized spacial score (nSPS) is 28.2. The van der Waals surface area contributed by atoms with E-state index in [4.69, 9.17) is 5.26 Å². The number of ether oxygens (including phenoxy) is 1. The molecule has 0 saturated heterocycles. The Bertz CT molecular complexity index is 2060. The van der Waals surface area contributed by atoms with Crippen LogP contribution in [0.5, 0.6) is 0 Å². The predicted molar refractivity (Wildman–Crippen MR) is 265 cm³/mol. The maximum atomic E-state index is 13.9. The lowest BCUT2D eigenvalue weighted by atomic mass is 9.54. The van der Waals surface area contributed by atoms with Crippen molar-refractivity contribution < 1.29 is 107 Å². The molecule has 82 heavy (non-hydrogen) atoms. The molecule has 24 heteroatoms. The number of benzene rings is 2. The maximum Gasteiger partial charge on any atom is 0.432 e. The van der Waals surface area contributed by atoms with Gasteiger partial charge in [0.15, 0.2) is 29.4 Å². The first-order chi connectivity index (χ1) is 37.7. The fraction of sp³-hybridized carbons (Fsp3) is 0.793. The van der Waals surface area contributed by atoms with E-state index in [2.05, 4.69) is 9.62 Å². The minimum atomic E-state index is -6.27. The molecule has 3 nitrogen and oxygen atoms in total. The summed E-state index contributed by atoms with van der Waals surface area (Å²) in [5, 5.41) is 8.43. The van der Waals surface area contributed by atoms with Crippen molar-refractivity contribution in [1.29, 1.82) is 0 Å². The zero-order valence-electron chi connectivity index (χ0n) is 46.9. The molecule has 1 N–H and O–H groups in total. The summed E-state index contributed by atoms with van der Waals surface area (Å²) in [6, 6.07) is 3.81. The molecule has 0 aliphatic heterocycles. The smallest absolute Gasteiger partial charge is 0.347 e. The quantitative estimate of drug-likeness (QED) is 0.0987. The van der Waals surface area contributed by atoms with Crippen LogP contribution in [-0.2, 0) is 9.62 Å². The number of hydrogen-bond acceptors (Lipinski definition) is 3. The molecule has 2 aromatic rings. The van der Waals surface area contributed by atoms with Crippen molar-refractivity contribution in [2.45, 2.75) is 236 Å². The summed E-state index contributed by atoms with van der Waals surface area (Å²) in [5.41, 5.74) is -8.73. The second kappa shape index (κ2) is 28.6. The first-order valence-electron chi connectivity index (χ1n) is 28.1. The summed E-state index contributed by atoms with van der Waals surface area (Å²) in [4.78, 5) is 3.90. The van der Waals surface area contributed by atoms with Gasteiger partial charge in [0.1, 0.15) is 17.3 Å². The summed E-state index contributed by atoms with van der Waals surface area (Å²) in [7, 11) is 0. The van der Waals surface area contributed by atoms with Gasteiger partial charge in [-0.25, -0.2) is 66.4 Å². The molecule has 0 radical (unpaired) electrons. The van der Waals surface area contributed by atoms with Crippen LogP contribution in [0.2, 0.25) is 0 Å². The minimum Gasteiger partial charge on any atom is -0.347 e. The van der Waals surface area contributed by atoms with E-state index in [1.165, 1.54) is 51.3 Å². The second-order valence-corrected chi connectivity index (χ2v) is 24.3. The maximum absolute atomic E-state index is 13.9. The average molecular weight is 1220 g/mol. The second-order valence-electron chi connectivity index (χ2n) is 24.3. The van der Waals surface area contributed by atoms with Crippen LogP contribution in [-0.4, -0.2) is 65.0 Å². The molecule has 1 unspecified atom stereocenters. The summed E-state index contributed by atoms with van der Waals surface area (Å²) >= 11 is 0. The summed E-state index contributed by atoms with van der Waals surface area (Å²) in [6.07, 6.45) is 4.12. The van der Waals surface area contributed by atoms with Crippen molar-refractivity contribution in [2.75, 3.05) is 6.67 Å². The summed E-state index contributed by atoms with van der Waals surface area (Å²) in [5.74, 6) is -19.4. The van der Waals surface area contributed by atoms with Gasteiger partial charge in [-0.2, -0.15) is 26.3 Å². The van der Waals surface area contributed by atoms with Crippen molar-refractivity contribution >= 4 is 0 Å². The Morgan fingerprint density at radius 3 is 1.12 bits per heavy atom. The molecular formula is C58H77F21O3. The van der Waals surface area contributed by atoms with Gasteiger partial charge in [-0.05, 0) is 184 Å². The van der Waals surface area contributed by atoms with E-state index in [1.807, 2.05) is 0 Å². The van der Waals surface area contributed by atoms with Crippen LogP contribution in [0.1, 0.15) is 180 Å². The standard InChI is InChI=1S/C15H18F8O.C10H15F.C9H16F2O2.C8H14F2.C7H3F5.C7H6F2.C2H5F/c1-11(16,17)13(14(18,19)20,15(21,22)23)24-12-5-8-2-9(6-12)4-10(3-8)7-12;11-10-4-7-1-8(5-10)3-9(2-7)6-10;1-9(10,11)8(13-12)7-5-3-2-4-6-7;1-8(9,10)7-5-3-2-4-6-7;1-2-3(8)5(10)7(12)6(11)4(2)9;1-5-6(8)3-2-4-7(5)9;1-2-3/h8-10H,2-7H2,1H3;7-9H,1-6H2;7-8,12H,2-6H2,1H3;7H,2-6H2,1H3;1H3;2-4H,1H3;2H2,1H3. The molecule has 0 heterocycles. The molecule has 0 spiro atoms. The fourth-order valence-electron chi connectivity index (χ4n) is 14.3. The highest BCUT2D eigenvalue weighted by Crippen LogP contribution is 2.63. The molecule has 0 amide bonds. The minimum absolute atomic E-state index is 0.00993. The van der Waals surface area contributed by atoms with E-state index >= 15 is 0 Å². The van der Waals surface area contributed by atoms with Gasteiger partial charge >= 0.3 is 18.0 Å². The predicted octanol–water partition coefficient (Wildman–Crippen LogP) is 20.7. The van der Waals surface area contributed by atoms with Crippen LogP contribution < -0.4 is 0 Å². The molecule has 10 fully saturated rings. The Kier molecular flexibility index (Phi) is 24.9. The van der Waals surface area contributed by atoms with Crippen LogP contribution in [0, 0.1) is 102 Å². The fourth-order valence-corrected chi connectivity index (χ4v) is 14.3. The summed E-state index contributed by atoms with van der Waals surface area (Å²) < 4.78 is 273. The average Bonchev–Trinajstić information content (AvgIpc) is 1.52. The molecule has 10 aliphatic carbocycles. The molecule has 12 rings (SSSR count). The Morgan fingerprint density at radius 1 is 0.524 bits per heavy atom. The summed E-state index contributed by atoms with van der Waals surface area (Å²) in [6.45, 7) is 4.90. The Morgan fingerprint density at radius 2 is 0.854 bits per heavy atom. The lowest BCUT2D eigenvalue weighted by Gasteiger charge is -2.59. The van der Waals surface area contributed by atoms with Crippen LogP contribution in [0.4, 0.5) is 92.2 Å². The van der Waals surface area contributed by atoms with Gasteiger partial charge in [0.05, 0.1) is 12.3 Å². The van der Waals surface area contributed by atoms with E-state index in [9.17, 15) is 92.2 Å². The van der Waals surface area contributed by atoms with Gasteiger partial charge in [0.25, 0.3) is 11.8 Å². The van der Waals surface area contributed by atoms with Gasteiger partial charge in [-0.3, -0.25) is 9.65 Å². The van der Waals surface area contributed by atoms with Crippen molar-refractivity contribution in [1.82, 2.24) is 0 Å². The van der Waals surface area contributed by atoms with E-state index < -0.39 is 99.4 Å². The van der Waals surface area contributed by atoms with E-state index in [-0.39, 0.29) is 68.0 Å². The Labute approximate surface area is 466 Å². The largest absolute Gasteiger partial charge is 0.432 e. The van der Waals surface area contributed by atoms with Crippen molar-refractivity contribution in [3.63, 3.8) is 0 Å². The van der Waals surface area contributed by atoms with E-state index in [0.29, 0.717) is 0 Å². The van der Waals surface area contributed by atoms with Gasteiger partial charge in [-0.15, -0.1) is 0 Å². The van der Waals surface area contributed by atoms with E-state index in [1.54, 1.807) is 0 Å². The first kappa shape index (κ1) is 71.3. The lowest BCUT2D eigenvalue weighted by molar-refractivity contribution is -0.457. The lowest BCUT2D eigenvalue weighted by Crippen LogP contribution is -2.72. The SMILES string of the molecule is CC(F)(F)C(OC12CC3CC(CC(C3)C1)C2)(C(F)(F)F)C(F)(F)F.CC(F)(F)C(OO)C1CCCCC1.CC(F)(F)C1CCCCC1.CCF.Cc1c(F)c(F)c(F)c(F)c1F.Cc1c(F)cccc1F.FC12CC3CC(CC(C3)C1)C2. The zero-order valence-corrected chi connectivity index (χ0v) is 46.9. The number of hydrogen-bond donors (Lipinski definition) is 1. The van der Waals surface area contributed by atoms with Gasteiger partial charge in [-0.1, -0.05) is 44.6 Å². The molecule has 10 saturated carbocycles. The van der Waals surface area contributed by atoms with E-state index in [0.717, 1.165) is 141 Å². The van der Waals surface area contributed by atoms with Crippen LogP contribution in [0.3, 0.4) is 0 Å².